The second-order valence-corrected chi connectivity index (χ2v) is 4.50. The van der Waals surface area contributed by atoms with Gasteiger partial charge in [-0.2, -0.15) is 0 Å². The van der Waals surface area contributed by atoms with Crippen LogP contribution < -0.4 is 0 Å². The maximum Gasteiger partial charge on any atom is 0.320 e. The topological polar surface area (TPSA) is 20.3 Å². The molecule has 72 valence electrons. The van der Waals surface area contributed by atoms with Crippen molar-refractivity contribution < 1.29 is 4.79 Å². The number of hydrogen-bond donors (Lipinski definition) is 0. The summed E-state index contributed by atoms with van der Waals surface area (Å²) in [5.41, 5.74) is 0.0330. The zero-order chi connectivity index (χ0) is 9.47. The van der Waals surface area contributed by atoms with Crippen molar-refractivity contribution in [1.82, 2.24) is 4.90 Å². The molecule has 0 aliphatic heterocycles. The van der Waals surface area contributed by atoms with E-state index in [1.807, 2.05) is 0 Å². The lowest BCUT2D eigenvalue weighted by atomic mass is 9.92. The summed E-state index contributed by atoms with van der Waals surface area (Å²) >= 11 is 5.53. The molecule has 2 fully saturated rings. The average molecular weight is 200 g/mol. The van der Waals surface area contributed by atoms with Crippen LogP contribution in [0.5, 0.6) is 0 Å². The van der Waals surface area contributed by atoms with Crippen molar-refractivity contribution in [2.24, 2.45) is 5.92 Å². The summed E-state index contributed by atoms with van der Waals surface area (Å²) in [5.74, 6) is 0.818. The number of nitrogens with zero attached hydrogens (tertiary/aromatic N) is 1. The first kappa shape index (κ1) is 9.07. The second kappa shape index (κ2) is 3.02. The summed E-state index contributed by atoms with van der Waals surface area (Å²) in [6.07, 6.45) is 7.40. The summed E-state index contributed by atoms with van der Waals surface area (Å²) in [7, 11) is 0. The Morgan fingerprint density at radius 3 is 2.46 bits per heavy atom. The van der Waals surface area contributed by atoms with Gasteiger partial charge in [0, 0.05) is 11.7 Å². The third kappa shape index (κ3) is 1.28. The van der Waals surface area contributed by atoms with Gasteiger partial charge in [-0.25, -0.2) is 0 Å². The molecule has 13 heavy (non-hydrogen) atoms. The minimum Gasteiger partial charge on any atom is -0.300 e. The number of carbonyl (C=O) groups excluding carboxylic acids is 1. The van der Waals surface area contributed by atoms with Crippen LogP contribution >= 0.6 is 11.6 Å². The number of halogens is 1. The molecule has 2 bridgehead atoms. The normalized spacial score (nSPS) is 36.2. The average Bonchev–Trinajstić information content (AvgIpc) is 2.64. The van der Waals surface area contributed by atoms with E-state index in [0.29, 0.717) is 0 Å². The van der Waals surface area contributed by atoms with E-state index in [-0.39, 0.29) is 10.9 Å². The predicted octanol–water partition coefficient (Wildman–Crippen LogP) is 3.12. The van der Waals surface area contributed by atoms with Gasteiger partial charge in [0.15, 0.2) is 0 Å². The Kier molecular flexibility index (Phi) is 2.11. The van der Waals surface area contributed by atoms with E-state index in [2.05, 4.69) is 6.58 Å². The fourth-order valence-corrected chi connectivity index (χ4v) is 3.20. The summed E-state index contributed by atoms with van der Waals surface area (Å²) in [4.78, 5) is 12.8. The van der Waals surface area contributed by atoms with Gasteiger partial charge < -0.3 is 4.90 Å². The van der Waals surface area contributed by atoms with Gasteiger partial charge in [-0.05, 0) is 49.6 Å². The van der Waals surface area contributed by atoms with Crippen LogP contribution in [0.25, 0.3) is 0 Å². The summed E-state index contributed by atoms with van der Waals surface area (Å²) in [6, 6.07) is 0. The van der Waals surface area contributed by atoms with Gasteiger partial charge in [0.05, 0.1) is 0 Å². The highest BCUT2D eigenvalue weighted by Crippen LogP contribution is 2.51. The lowest BCUT2D eigenvalue weighted by Gasteiger charge is -2.35. The molecule has 0 spiro atoms. The summed E-state index contributed by atoms with van der Waals surface area (Å²) < 4.78 is 0. The van der Waals surface area contributed by atoms with Gasteiger partial charge in [-0.3, -0.25) is 4.79 Å². The molecule has 2 aliphatic carbocycles. The Morgan fingerprint density at radius 2 is 2.15 bits per heavy atom. The number of carbonyl (C=O) groups is 1. The highest BCUT2D eigenvalue weighted by molar-refractivity contribution is 6.63. The van der Waals surface area contributed by atoms with Crippen molar-refractivity contribution in [3.05, 3.63) is 12.8 Å². The standard InChI is InChI=1S/C10H14ClNO/c1-2-12(9(11)13)10-5-3-8(7-10)4-6-10/h2,8H,1,3-7H2. The van der Waals surface area contributed by atoms with E-state index < -0.39 is 0 Å². The predicted molar refractivity (Wildman–Crippen MR) is 52.6 cm³/mol. The Balaban J connectivity index is 2.22. The fraction of sp³-hybridized carbons (Fsp3) is 0.700. The SMILES string of the molecule is C=CN(C(=O)Cl)C12CCC(CC1)C2. The van der Waals surface area contributed by atoms with E-state index in [0.717, 1.165) is 25.2 Å². The van der Waals surface area contributed by atoms with Crippen LogP contribution in [-0.2, 0) is 0 Å². The Labute approximate surface area is 83.5 Å². The molecule has 1 amide bonds. The van der Waals surface area contributed by atoms with E-state index in [1.165, 1.54) is 12.8 Å². The van der Waals surface area contributed by atoms with Crippen LogP contribution in [0.4, 0.5) is 4.79 Å². The molecular formula is C10H14ClNO. The van der Waals surface area contributed by atoms with E-state index in [9.17, 15) is 4.79 Å². The smallest absolute Gasteiger partial charge is 0.300 e. The molecule has 0 aromatic heterocycles. The van der Waals surface area contributed by atoms with Gasteiger partial charge in [-0.1, -0.05) is 6.58 Å². The molecule has 0 aromatic rings. The molecule has 0 aromatic carbocycles. The van der Waals surface area contributed by atoms with Crippen LogP contribution in [-0.4, -0.2) is 15.8 Å². The zero-order valence-corrected chi connectivity index (χ0v) is 8.39. The molecule has 0 N–H and O–H groups in total. The first-order chi connectivity index (χ1) is 6.18. The van der Waals surface area contributed by atoms with Gasteiger partial charge in [0.2, 0.25) is 0 Å². The highest BCUT2D eigenvalue weighted by Gasteiger charge is 2.49. The highest BCUT2D eigenvalue weighted by atomic mass is 35.5. The Morgan fingerprint density at radius 1 is 1.54 bits per heavy atom. The molecule has 3 heteroatoms. The minimum atomic E-state index is -0.377. The maximum atomic E-state index is 11.2. The molecule has 2 rings (SSSR count). The van der Waals surface area contributed by atoms with Crippen molar-refractivity contribution in [2.75, 3.05) is 0 Å². The van der Waals surface area contributed by atoms with Gasteiger partial charge in [0.25, 0.3) is 0 Å². The minimum absolute atomic E-state index is 0.0330. The molecule has 0 unspecified atom stereocenters. The number of hydrogen-bond acceptors (Lipinski definition) is 1. The van der Waals surface area contributed by atoms with E-state index in [1.54, 1.807) is 11.1 Å². The monoisotopic (exact) mass is 199 g/mol. The Bertz CT molecular complexity index is 243. The molecular weight excluding hydrogens is 186 g/mol. The zero-order valence-electron chi connectivity index (χ0n) is 7.63. The van der Waals surface area contributed by atoms with Crippen molar-refractivity contribution >= 4 is 17.0 Å². The van der Waals surface area contributed by atoms with E-state index in [4.69, 9.17) is 11.6 Å². The van der Waals surface area contributed by atoms with Crippen molar-refractivity contribution in [3.63, 3.8) is 0 Å². The van der Waals surface area contributed by atoms with Gasteiger partial charge >= 0.3 is 5.37 Å². The van der Waals surface area contributed by atoms with Crippen molar-refractivity contribution in [3.8, 4) is 0 Å². The molecule has 0 saturated heterocycles. The lowest BCUT2D eigenvalue weighted by Crippen LogP contribution is -2.43. The fourth-order valence-electron chi connectivity index (χ4n) is 2.95. The molecule has 0 atom stereocenters. The van der Waals surface area contributed by atoms with Gasteiger partial charge in [0.1, 0.15) is 0 Å². The summed E-state index contributed by atoms with van der Waals surface area (Å²) in [6.45, 7) is 3.66. The Hall–Kier alpha value is -0.500. The lowest BCUT2D eigenvalue weighted by molar-refractivity contribution is 0.174. The van der Waals surface area contributed by atoms with Gasteiger partial charge in [-0.15, -0.1) is 0 Å². The molecule has 0 heterocycles. The largest absolute Gasteiger partial charge is 0.320 e. The molecule has 2 aliphatic rings. The molecule has 2 saturated carbocycles. The molecule has 2 nitrogen and oxygen atoms in total. The third-order valence-corrected chi connectivity index (χ3v) is 3.77. The number of amides is 1. The number of fused-ring (bicyclic) bond motifs is 2. The van der Waals surface area contributed by atoms with Crippen LogP contribution in [0.1, 0.15) is 32.1 Å². The van der Waals surface area contributed by atoms with Crippen molar-refractivity contribution in [1.29, 1.82) is 0 Å². The van der Waals surface area contributed by atoms with E-state index >= 15 is 0 Å². The quantitative estimate of drug-likeness (QED) is 0.494. The van der Waals surface area contributed by atoms with Crippen molar-refractivity contribution in [2.45, 2.75) is 37.6 Å². The van der Waals surface area contributed by atoms with Crippen LogP contribution in [0.2, 0.25) is 0 Å². The number of rotatable bonds is 2. The third-order valence-electron chi connectivity index (χ3n) is 3.59. The first-order valence-corrected chi connectivity index (χ1v) is 5.17. The maximum absolute atomic E-state index is 11.2. The second-order valence-electron chi connectivity index (χ2n) is 4.18. The first-order valence-electron chi connectivity index (χ1n) is 4.79. The van der Waals surface area contributed by atoms with Crippen LogP contribution in [0, 0.1) is 5.92 Å². The summed E-state index contributed by atoms with van der Waals surface area (Å²) in [5, 5.41) is -0.377. The van der Waals surface area contributed by atoms with Crippen LogP contribution in [0.3, 0.4) is 0 Å². The molecule has 0 radical (unpaired) electrons. The van der Waals surface area contributed by atoms with Crippen LogP contribution in [0.15, 0.2) is 12.8 Å².